The molecule has 7 nitrogen and oxygen atoms in total. The molecule has 1 heterocycles. The Morgan fingerprint density at radius 3 is 2.70 bits per heavy atom. The zero-order valence-electron chi connectivity index (χ0n) is 19.0. The van der Waals surface area contributed by atoms with Crippen LogP contribution in [0.15, 0.2) is 36.4 Å². The van der Waals surface area contributed by atoms with Crippen LogP contribution in [0.5, 0.6) is 0 Å². The molecule has 2 N–H and O–H groups in total. The van der Waals surface area contributed by atoms with E-state index >= 15 is 0 Å². The topological polar surface area (TPSA) is 94.8 Å². The van der Waals surface area contributed by atoms with Gasteiger partial charge in [-0.15, -0.1) is 0 Å². The van der Waals surface area contributed by atoms with Crippen LogP contribution in [0.1, 0.15) is 43.2 Å². The molecule has 0 spiro atoms. The molecule has 0 radical (unpaired) electrons. The van der Waals surface area contributed by atoms with Crippen LogP contribution in [0.25, 0.3) is 0 Å². The molecular weight excluding hydrogens is 425 g/mol. The number of aliphatic carboxylic acids is 1. The lowest BCUT2D eigenvalue weighted by atomic mass is 9.94. The highest BCUT2D eigenvalue weighted by atomic mass is 19.1. The fourth-order valence-corrected chi connectivity index (χ4v) is 4.30. The second kappa shape index (κ2) is 11.6. The standard InChI is InChI=1S/C25H30FN3O4/c1-3-29(21-8-10-33-11-9-21)24-7-5-17(19(16-32-2)13-25(30)31)12-23(24)28-20-6-4-18(15-27)22(26)14-20/h4-7,12,14,19,21,28H,3,8-11,13,16H2,1-2H3,(H,30,31)/t19-/m0/s1. The van der Waals surface area contributed by atoms with Gasteiger partial charge in [0.2, 0.25) is 0 Å². The van der Waals surface area contributed by atoms with E-state index in [4.69, 9.17) is 14.7 Å². The Morgan fingerprint density at radius 1 is 1.33 bits per heavy atom. The van der Waals surface area contributed by atoms with Gasteiger partial charge < -0.3 is 24.8 Å². The molecule has 8 heteroatoms. The first-order valence-electron chi connectivity index (χ1n) is 11.1. The average Bonchev–Trinajstić information content (AvgIpc) is 2.81. The van der Waals surface area contributed by atoms with Crippen LogP contribution in [-0.2, 0) is 14.3 Å². The van der Waals surface area contributed by atoms with Crippen molar-refractivity contribution in [2.45, 2.75) is 38.1 Å². The first-order chi connectivity index (χ1) is 16.0. The highest BCUT2D eigenvalue weighted by molar-refractivity contribution is 5.77. The molecular formula is C25H30FN3O4. The summed E-state index contributed by atoms with van der Waals surface area (Å²) in [6.45, 7) is 4.55. The quantitative estimate of drug-likeness (QED) is 0.538. The minimum atomic E-state index is -0.901. The second-order valence-corrected chi connectivity index (χ2v) is 8.09. The van der Waals surface area contributed by atoms with E-state index in [2.05, 4.69) is 17.1 Å². The van der Waals surface area contributed by atoms with Crippen molar-refractivity contribution in [1.29, 1.82) is 5.26 Å². The number of carbonyl (C=O) groups is 1. The monoisotopic (exact) mass is 455 g/mol. The number of carboxylic acids is 1. The van der Waals surface area contributed by atoms with E-state index in [1.54, 1.807) is 13.2 Å². The number of rotatable bonds is 10. The molecule has 176 valence electrons. The van der Waals surface area contributed by atoms with E-state index in [0.717, 1.165) is 36.3 Å². The molecule has 1 aliphatic rings. The zero-order valence-corrected chi connectivity index (χ0v) is 19.0. The van der Waals surface area contributed by atoms with Gasteiger partial charge in [0.05, 0.1) is 30.0 Å². The summed E-state index contributed by atoms with van der Waals surface area (Å²) in [6.07, 6.45) is 1.76. The fraction of sp³-hybridized carbons (Fsp3) is 0.440. The average molecular weight is 456 g/mol. The van der Waals surface area contributed by atoms with E-state index in [1.165, 1.54) is 12.1 Å². The summed E-state index contributed by atoms with van der Waals surface area (Å²) in [5.74, 6) is -1.82. The van der Waals surface area contributed by atoms with Crippen molar-refractivity contribution in [3.63, 3.8) is 0 Å². The van der Waals surface area contributed by atoms with Gasteiger partial charge in [0.25, 0.3) is 0 Å². The first kappa shape index (κ1) is 24.5. The Morgan fingerprint density at radius 2 is 2.09 bits per heavy atom. The number of hydrogen-bond acceptors (Lipinski definition) is 6. The number of benzene rings is 2. The third-order valence-electron chi connectivity index (χ3n) is 5.93. The van der Waals surface area contributed by atoms with Gasteiger partial charge in [-0.25, -0.2) is 4.39 Å². The lowest BCUT2D eigenvalue weighted by Crippen LogP contribution is -2.39. The summed E-state index contributed by atoms with van der Waals surface area (Å²) in [6, 6.07) is 12.4. The Hall–Kier alpha value is -3.15. The Bertz CT molecular complexity index is 1000. The van der Waals surface area contributed by atoms with Gasteiger partial charge in [0, 0.05) is 44.5 Å². The van der Waals surface area contributed by atoms with Gasteiger partial charge >= 0.3 is 5.97 Å². The van der Waals surface area contributed by atoms with Crippen LogP contribution < -0.4 is 10.2 Å². The molecule has 0 aliphatic carbocycles. The molecule has 0 bridgehead atoms. The fourth-order valence-electron chi connectivity index (χ4n) is 4.30. The van der Waals surface area contributed by atoms with Gasteiger partial charge in [0.1, 0.15) is 11.9 Å². The number of anilines is 3. The molecule has 2 aromatic carbocycles. The number of carboxylic acid groups (broad SMARTS) is 1. The van der Waals surface area contributed by atoms with E-state index in [1.807, 2.05) is 24.3 Å². The summed E-state index contributed by atoms with van der Waals surface area (Å²) in [4.78, 5) is 13.7. The van der Waals surface area contributed by atoms with Gasteiger partial charge in [-0.3, -0.25) is 4.79 Å². The number of nitriles is 1. The molecule has 33 heavy (non-hydrogen) atoms. The van der Waals surface area contributed by atoms with Crippen LogP contribution in [0.2, 0.25) is 0 Å². The minimum Gasteiger partial charge on any atom is -0.481 e. The number of nitrogens with one attached hydrogen (secondary N) is 1. The number of halogens is 1. The van der Waals surface area contributed by atoms with Crippen LogP contribution in [-0.4, -0.2) is 50.6 Å². The Labute approximate surface area is 193 Å². The van der Waals surface area contributed by atoms with Crippen LogP contribution in [0.3, 0.4) is 0 Å². The number of hydrogen-bond donors (Lipinski definition) is 2. The number of methoxy groups -OCH3 is 1. The maximum Gasteiger partial charge on any atom is 0.304 e. The zero-order chi connectivity index (χ0) is 23.8. The normalized spacial score (nSPS) is 15.0. The predicted molar refractivity (Wildman–Crippen MR) is 125 cm³/mol. The molecule has 3 rings (SSSR count). The van der Waals surface area contributed by atoms with E-state index in [0.29, 0.717) is 24.9 Å². The van der Waals surface area contributed by atoms with Crippen LogP contribution in [0, 0.1) is 17.1 Å². The number of nitrogens with zero attached hydrogens (tertiary/aromatic N) is 2. The van der Waals surface area contributed by atoms with Gasteiger partial charge in [-0.05, 0) is 55.7 Å². The van der Waals surface area contributed by atoms with Gasteiger partial charge in [-0.2, -0.15) is 5.26 Å². The van der Waals surface area contributed by atoms with E-state index in [-0.39, 0.29) is 24.5 Å². The predicted octanol–water partition coefficient (Wildman–Crippen LogP) is 4.65. The highest BCUT2D eigenvalue weighted by Crippen LogP contribution is 2.36. The van der Waals surface area contributed by atoms with Crippen molar-refractivity contribution in [2.24, 2.45) is 0 Å². The Kier molecular flexibility index (Phi) is 8.64. The molecule has 0 aromatic heterocycles. The van der Waals surface area contributed by atoms with Crippen LogP contribution in [0.4, 0.5) is 21.5 Å². The van der Waals surface area contributed by atoms with Crippen molar-refractivity contribution in [3.05, 3.63) is 53.3 Å². The first-order valence-corrected chi connectivity index (χ1v) is 11.1. The largest absolute Gasteiger partial charge is 0.481 e. The van der Waals surface area contributed by atoms with E-state index in [9.17, 15) is 14.3 Å². The van der Waals surface area contributed by atoms with Crippen molar-refractivity contribution in [1.82, 2.24) is 0 Å². The van der Waals surface area contributed by atoms with Gasteiger partial charge in [-0.1, -0.05) is 6.07 Å². The highest BCUT2D eigenvalue weighted by Gasteiger charge is 2.24. The third kappa shape index (κ3) is 6.21. The minimum absolute atomic E-state index is 0.0199. The smallest absolute Gasteiger partial charge is 0.304 e. The van der Waals surface area contributed by atoms with Crippen molar-refractivity contribution in [2.75, 3.05) is 43.7 Å². The maximum atomic E-state index is 14.3. The molecule has 0 unspecified atom stereocenters. The van der Waals surface area contributed by atoms with Crippen molar-refractivity contribution < 1.29 is 23.8 Å². The van der Waals surface area contributed by atoms with Crippen molar-refractivity contribution in [3.8, 4) is 6.07 Å². The summed E-state index contributed by atoms with van der Waals surface area (Å²) in [5.41, 5.74) is 3.01. The lowest BCUT2D eigenvalue weighted by molar-refractivity contribution is -0.137. The lowest BCUT2D eigenvalue weighted by Gasteiger charge is -2.37. The SMILES string of the molecule is CCN(c1ccc([C@H](COC)CC(=O)O)cc1Nc1ccc(C#N)c(F)c1)C1CCOCC1. The molecule has 0 amide bonds. The summed E-state index contributed by atoms with van der Waals surface area (Å²) in [7, 11) is 1.55. The van der Waals surface area contributed by atoms with Crippen LogP contribution >= 0.6 is 0 Å². The molecule has 0 saturated carbocycles. The van der Waals surface area contributed by atoms with E-state index < -0.39 is 11.8 Å². The number of ether oxygens (including phenoxy) is 2. The second-order valence-electron chi connectivity index (χ2n) is 8.09. The Balaban J connectivity index is 2.02. The molecule has 2 aromatic rings. The molecule has 1 aliphatic heterocycles. The summed E-state index contributed by atoms with van der Waals surface area (Å²) < 4.78 is 25.0. The van der Waals surface area contributed by atoms with Crippen molar-refractivity contribution >= 4 is 23.0 Å². The molecule has 1 saturated heterocycles. The summed E-state index contributed by atoms with van der Waals surface area (Å²) in [5, 5.41) is 21.7. The molecule has 1 fully saturated rings. The third-order valence-corrected chi connectivity index (χ3v) is 5.93. The summed E-state index contributed by atoms with van der Waals surface area (Å²) >= 11 is 0. The van der Waals surface area contributed by atoms with Gasteiger partial charge in [0.15, 0.2) is 0 Å². The maximum absolute atomic E-state index is 14.3. The molecule has 1 atom stereocenters.